The molecule has 1 fully saturated rings. The summed E-state index contributed by atoms with van der Waals surface area (Å²) in [6, 6.07) is 0.514. The summed E-state index contributed by atoms with van der Waals surface area (Å²) in [6.45, 7) is 0.768. The van der Waals surface area contributed by atoms with E-state index in [1.807, 2.05) is 0 Å². The second kappa shape index (κ2) is 4.84. The standard InChI is InChI=1S/C13H16ClN3O/c14-13-15-8-9-7-11(18)5-6-17(12(9)16-13)10-3-1-2-4-10/h8,10H,1-7H2. The lowest BCUT2D eigenvalue weighted by molar-refractivity contribution is -0.118. The molecule has 0 unspecified atom stereocenters. The van der Waals surface area contributed by atoms with E-state index in [4.69, 9.17) is 11.6 Å². The molecule has 0 saturated heterocycles. The van der Waals surface area contributed by atoms with Crippen molar-refractivity contribution in [2.24, 2.45) is 0 Å². The molecule has 1 aliphatic heterocycles. The topological polar surface area (TPSA) is 46.1 Å². The third-order valence-electron chi connectivity index (χ3n) is 3.87. The van der Waals surface area contributed by atoms with Gasteiger partial charge in [0.15, 0.2) is 0 Å². The predicted molar refractivity (Wildman–Crippen MR) is 70.0 cm³/mol. The Morgan fingerprint density at radius 3 is 2.89 bits per heavy atom. The Morgan fingerprint density at radius 1 is 1.33 bits per heavy atom. The summed E-state index contributed by atoms with van der Waals surface area (Å²) in [6.07, 6.45) is 7.66. The third kappa shape index (κ3) is 2.21. The smallest absolute Gasteiger partial charge is 0.224 e. The molecule has 2 aliphatic rings. The summed E-state index contributed by atoms with van der Waals surface area (Å²) in [7, 11) is 0. The van der Waals surface area contributed by atoms with Crippen molar-refractivity contribution in [3.63, 3.8) is 0 Å². The minimum absolute atomic E-state index is 0.266. The Bertz CT molecular complexity index is 471. The SMILES string of the molecule is O=C1CCN(C2CCCC2)c2nc(Cl)ncc2C1. The van der Waals surface area contributed by atoms with E-state index in [1.54, 1.807) is 6.20 Å². The van der Waals surface area contributed by atoms with Crippen LogP contribution in [0.25, 0.3) is 0 Å². The van der Waals surface area contributed by atoms with Gasteiger partial charge in [-0.05, 0) is 24.4 Å². The highest BCUT2D eigenvalue weighted by Gasteiger charge is 2.29. The van der Waals surface area contributed by atoms with Gasteiger partial charge in [0.05, 0.1) is 0 Å². The summed E-state index contributed by atoms with van der Waals surface area (Å²) < 4.78 is 0. The second-order valence-corrected chi connectivity index (χ2v) is 5.42. The molecule has 0 amide bonds. The molecule has 0 bridgehead atoms. The summed E-state index contributed by atoms with van der Waals surface area (Å²) in [4.78, 5) is 22.4. The highest BCUT2D eigenvalue weighted by atomic mass is 35.5. The van der Waals surface area contributed by atoms with E-state index in [-0.39, 0.29) is 11.1 Å². The fourth-order valence-electron chi connectivity index (χ4n) is 2.97. The van der Waals surface area contributed by atoms with E-state index in [0.717, 1.165) is 17.9 Å². The third-order valence-corrected chi connectivity index (χ3v) is 4.05. The molecule has 96 valence electrons. The van der Waals surface area contributed by atoms with Crippen LogP contribution in [0, 0.1) is 0 Å². The molecule has 1 aliphatic carbocycles. The number of aromatic nitrogens is 2. The Labute approximate surface area is 111 Å². The van der Waals surface area contributed by atoms with Crippen molar-refractivity contribution < 1.29 is 4.79 Å². The quantitative estimate of drug-likeness (QED) is 0.732. The number of anilines is 1. The number of carbonyl (C=O) groups is 1. The van der Waals surface area contributed by atoms with Gasteiger partial charge >= 0.3 is 0 Å². The van der Waals surface area contributed by atoms with Gasteiger partial charge in [-0.2, -0.15) is 0 Å². The molecule has 1 aromatic rings. The summed E-state index contributed by atoms with van der Waals surface area (Å²) in [5.74, 6) is 1.15. The van der Waals surface area contributed by atoms with Gasteiger partial charge in [0.1, 0.15) is 11.6 Å². The van der Waals surface area contributed by atoms with Crippen molar-refractivity contribution in [2.45, 2.75) is 44.6 Å². The van der Waals surface area contributed by atoms with Crippen LogP contribution in [0.4, 0.5) is 5.82 Å². The lowest BCUT2D eigenvalue weighted by atomic mass is 10.1. The van der Waals surface area contributed by atoms with Gasteiger partial charge in [0, 0.05) is 37.2 Å². The minimum Gasteiger partial charge on any atom is -0.353 e. The van der Waals surface area contributed by atoms with Gasteiger partial charge < -0.3 is 4.90 Å². The zero-order valence-electron chi connectivity index (χ0n) is 10.2. The maximum absolute atomic E-state index is 11.8. The largest absolute Gasteiger partial charge is 0.353 e. The van der Waals surface area contributed by atoms with E-state index >= 15 is 0 Å². The first-order valence-electron chi connectivity index (χ1n) is 6.54. The molecule has 5 heteroatoms. The molecule has 0 N–H and O–H groups in total. The van der Waals surface area contributed by atoms with Crippen LogP contribution in [0.3, 0.4) is 0 Å². The second-order valence-electron chi connectivity index (χ2n) is 5.09. The fraction of sp³-hybridized carbons (Fsp3) is 0.615. The molecular weight excluding hydrogens is 250 g/mol. The first-order chi connectivity index (χ1) is 8.74. The van der Waals surface area contributed by atoms with Gasteiger partial charge in [-0.25, -0.2) is 9.97 Å². The predicted octanol–water partition coefficient (Wildman–Crippen LogP) is 2.39. The van der Waals surface area contributed by atoms with Gasteiger partial charge in [0.2, 0.25) is 5.28 Å². The van der Waals surface area contributed by atoms with Crippen LogP contribution in [0.15, 0.2) is 6.20 Å². The maximum Gasteiger partial charge on any atom is 0.224 e. The number of Topliss-reactive ketones (excluding diaryl/α,β-unsaturated/α-hetero) is 1. The first kappa shape index (κ1) is 11.9. The van der Waals surface area contributed by atoms with E-state index in [9.17, 15) is 4.79 Å². The maximum atomic E-state index is 11.8. The van der Waals surface area contributed by atoms with Crippen molar-refractivity contribution in [1.82, 2.24) is 9.97 Å². The Morgan fingerprint density at radius 2 is 2.11 bits per heavy atom. The van der Waals surface area contributed by atoms with Gasteiger partial charge in [0.25, 0.3) is 0 Å². The number of nitrogens with zero attached hydrogens (tertiary/aromatic N) is 3. The Hall–Kier alpha value is -1.16. The number of carbonyl (C=O) groups excluding carboxylic acids is 1. The Kier molecular flexibility index (Phi) is 3.20. The van der Waals surface area contributed by atoms with Gasteiger partial charge in [-0.15, -0.1) is 0 Å². The molecule has 0 aromatic carbocycles. The van der Waals surface area contributed by atoms with Crippen LogP contribution in [0.2, 0.25) is 5.28 Å². The van der Waals surface area contributed by atoms with E-state index in [0.29, 0.717) is 18.9 Å². The van der Waals surface area contributed by atoms with Crippen molar-refractivity contribution in [1.29, 1.82) is 0 Å². The zero-order chi connectivity index (χ0) is 12.5. The zero-order valence-corrected chi connectivity index (χ0v) is 11.0. The van der Waals surface area contributed by atoms with Crippen molar-refractivity contribution in [2.75, 3.05) is 11.4 Å². The number of fused-ring (bicyclic) bond motifs is 1. The van der Waals surface area contributed by atoms with E-state index in [2.05, 4.69) is 14.9 Å². The van der Waals surface area contributed by atoms with Crippen LogP contribution < -0.4 is 4.90 Å². The number of rotatable bonds is 1. The average molecular weight is 266 g/mol. The highest BCUT2D eigenvalue weighted by Crippen LogP contribution is 2.31. The van der Waals surface area contributed by atoms with Crippen LogP contribution in [0.1, 0.15) is 37.7 Å². The molecule has 4 nitrogen and oxygen atoms in total. The number of halogens is 1. The monoisotopic (exact) mass is 265 g/mol. The number of ketones is 1. The summed E-state index contributed by atoms with van der Waals surface area (Å²) >= 11 is 5.90. The number of hydrogen-bond acceptors (Lipinski definition) is 4. The van der Waals surface area contributed by atoms with Crippen molar-refractivity contribution in [3.05, 3.63) is 17.0 Å². The van der Waals surface area contributed by atoms with Gasteiger partial charge in [-0.1, -0.05) is 12.8 Å². The highest BCUT2D eigenvalue weighted by molar-refractivity contribution is 6.28. The van der Waals surface area contributed by atoms with Crippen molar-refractivity contribution >= 4 is 23.2 Å². The molecule has 3 rings (SSSR count). The average Bonchev–Trinajstić information content (AvgIpc) is 2.81. The molecular formula is C13H16ClN3O. The molecule has 0 spiro atoms. The van der Waals surface area contributed by atoms with E-state index < -0.39 is 0 Å². The van der Waals surface area contributed by atoms with Crippen LogP contribution >= 0.6 is 11.6 Å². The van der Waals surface area contributed by atoms with Gasteiger partial charge in [-0.3, -0.25) is 4.79 Å². The van der Waals surface area contributed by atoms with E-state index in [1.165, 1.54) is 25.7 Å². The molecule has 1 saturated carbocycles. The Balaban J connectivity index is 1.99. The van der Waals surface area contributed by atoms with Crippen LogP contribution in [-0.4, -0.2) is 28.3 Å². The van der Waals surface area contributed by atoms with Crippen molar-refractivity contribution in [3.8, 4) is 0 Å². The molecule has 2 heterocycles. The first-order valence-corrected chi connectivity index (χ1v) is 6.91. The fourth-order valence-corrected chi connectivity index (χ4v) is 3.10. The molecule has 0 radical (unpaired) electrons. The normalized spacial score (nSPS) is 20.9. The lowest BCUT2D eigenvalue weighted by Gasteiger charge is -2.29. The molecule has 1 aromatic heterocycles. The molecule has 0 atom stereocenters. The summed E-state index contributed by atoms with van der Waals surface area (Å²) in [5, 5.41) is 0.270. The molecule has 18 heavy (non-hydrogen) atoms. The van der Waals surface area contributed by atoms with Crippen LogP contribution in [-0.2, 0) is 11.2 Å². The minimum atomic E-state index is 0.266. The number of hydrogen-bond donors (Lipinski definition) is 0. The summed E-state index contributed by atoms with van der Waals surface area (Å²) in [5.41, 5.74) is 0.925. The lowest BCUT2D eigenvalue weighted by Crippen LogP contribution is -2.35. The van der Waals surface area contributed by atoms with Crippen LogP contribution in [0.5, 0.6) is 0 Å².